The van der Waals surface area contributed by atoms with Crippen molar-refractivity contribution < 1.29 is 17.6 Å². The summed E-state index contributed by atoms with van der Waals surface area (Å²) in [4.78, 5) is 12.3. The number of hydrogen-bond donors (Lipinski definition) is 1. The Labute approximate surface area is 147 Å². The Balaban J connectivity index is 1.74. The van der Waals surface area contributed by atoms with Gasteiger partial charge >= 0.3 is 0 Å². The largest absolute Gasteiger partial charge is 0.456 e. The Morgan fingerprint density at radius 2 is 1.88 bits per heavy atom. The molecule has 0 spiro atoms. The molecule has 1 atom stereocenters. The molecule has 0 radical (unpaired) electrons. The van der Waals surface area contributed by atoms with Crippen LogP contribution < -0.4 is 5.32 Å². The van der Waals surface area contributed by atoms with Gasteiger partial charge in [-0.3, -0.25) is 4.79 Å². The van der Waals surface area contributed by atoms with E-state index < -0.39 is 10.0 Å². The van der Waals surface area contributed by atoms with Crippen molar-refractivity contribution in [1.82, 2.24) is 4.31 Å². The van der Waals surface area contributed by atoms with E-state index in [4.69, 9.17) is 4.42 Å². The van der Waals surface area contributed by atoms with Gasteiger partial charge in [-0.05, 0) is 63.1 Å². The number of benzene rings is 1. The zero-order valence-corrected chi connectivity index (χ0v) is 15.2. The first-order chi connectivity index (χ1) is 11.9. The van der Waals surface area contributed by atoms with Gasteiger partial charge in [0.25, 0.3) is 5.91 Å². The van der Waals surface area contributed by atoms with Gasteiger partial charge in [0.15, 0.2) is 5.76 Å². The summed E-state index contributed by atoms with van der Waals surface area (Å²) in [5.74, 6) is 0.506. The summed E-state index contributed by atoms with van der Waals surface area (Å²) < 4.78 is 32.4. The molecule has 0 bridgehead atoms. The molecular weight excluding hydrogens is 340 g/mol. The van der Waals surface area contributed by atoms with E-state index in [1.165, 1.54) is 12.1 Å². The van der Waals surface area contributed by atoms with E-state index in [1.807, 2.05) is 6.92 Å². The number of rotatable bonds is 4. The lowest BCUT2D eigenvalue weighted by Crippen LogP contribution is -2.41. The fourth-order valence-electron chi connectivity index (χ4n) is 3.02. The van der Waals surface area contributed by atoms with Crippen molar-refractivity contribution >= 4 is 21.6 Å². The number of nitrogens with zero attached hydrogens (tertiary/aromatic N) is 1. The number of carbonyl (C=O) groups is 1. The lowest BCUT2D eigenvalue weighted by molar-refractivity contribution is 0.0995. The normalized spacial score (nSPS) is 18.9. The molecule has 1 amide bonds. The Morgan fingerprint density at radius 3 is 2.48 bits per heavy atom. The minimum atomic E-state index is -3.50. The van der Waals surface area contributed by atoms with Crippen LogP contribution in [0.3, 0.4) is 0 Å². The van der Waals surface area contributed by atoms with E-state index in [9.17, 15) is 13.2 Å². The number of hydrogen-bond acceptors (Lipinski definition) is 4. The topological polar surface area (TPSA) is 79.6 Å². The molecule has 2 heterocycles. The van der Waals surface area contributed by atoms with Gasteiger partial charge in [0.05, 0.1) is 4.90 Å². The molecule has 1 aromatic heterocycles. The summed E-state index contributed by atoms with van der Waals surface area (Å²) in [6.45, 7) is 4.26. The minimum Gasteiger partial charge on any atom is -0.456 e. The van der Waals surface area contributed by atoms with E-state index in [0.717, 1.165) is 19.3 Å². The fraction of sp³-hybridized carbons (Fsp3) is 0.389. The maximum absolute atomic E-state index is 12.8. The van der Waals surface area contributed by atoms with Crippen molar-refractivity contribution in [3.63, 3.8) is 0 Å². The fourth-order valence-corrected chi connectivity index (χ4v) is 4.72. The Hall–Kier alpha value is -2.12. The summed E-state index contributed by atoms with van der Waals surface area (Å²) in [5.41, 5.74) is 0.518. The summed E-state index contributed by atoms with van der Waals surface area (Å²) in [6.07, 6.45) is 2.83. The first-order valence-electron chi connectivity index (χ1n) is 8.37. The van der Waals surface area contributed by atoms with E-state index in [-0.39, 0.29) is 22.6 Å². The van der Waals surface area contributed by atoms with Crippen LogP contribution in [0.25, 0.3) is 0 Å². The molecule has 3 rings (SSSR count). The zero-order chi connectivity index (χ0) is 18.0. The maximum atomic E-state index is 12.8. The number of sulfonamides is 1. The molecule has 0 saturated carbocycles. The highest BCUT2D eigenvalue weighted by molar-refractivity contribution is 7.89. The highest BCUT2D eigenvalue weighted by Gasteiger charge is 2.30. The average Bonchev–Trinajstić information content (AvgIpc) is 3.02. The van der Waals surface area contributed by atoms with Crippen LogP contribution in [0.5, 0.6) is 0 Å². The Kier molecular flexibility index (Phi) is 4.96. The third kappa shape index (κ3) is 3.77. The number of furan rings is 1. The third-order valence-electron chi connectivity index (χ3n) is 4.42. The molecule has 7 heteroatoms. The smallest absolute Gasteiger partial charge is 0.291 e. The number of carbonyl (C=O) groups excluding carboxylic acids is 1. The van der Waals surface area contributed by atoms with Gasteiger partial charge in [0, 0.05) is 18.3 Å². The van der Waals surface area contributed by atoms with Crippen LogP contribution in [-0.2, 0) is 10.0 Å². The van der Waals surface area contributed by atoms with Crippen molar-refractivity contribution in [3.05, 3.63) is 47.9 Å². The van der Waals surface area contributed by atoms with Crippen molar-refractivity contribution in [3.8, 4) is 0 Å². The van der Waals surface area contributed by atoms with Gasteiger partial charge in [0.2, 0.25) is 10.0 Å². The Morgan fingerprint density at radius 1 is 1.16 bits per heavy atom. The van der Waals surface area contributed by atoms with Crippen LogP contribution in [0, 0.1) is 6.92 Å². The molecule has 1 fully saturated rings. The predicted octanol–water partition coefficient (Wildman–Crippen LogP) is 3.40. The summed E-state index contributed by atoms with van der Waals surface area (Å²) in [6, 6.07) is 9.57. The SMILES string of the molecule is Cc1ccc(C(=O)Nc2ccc(S(=O)(=O)N3CCCC[C@@H]3C)cc2)o1. The highest BCUT2D eigenvalue weighted by atomic mass is 32.2. The summed E-state index contributed by atoms with van der Waals surface area (Å²) >= 11 is 0. The summed E-state index contributed by atoms with van der Waals surface area (Å²) in [7, 11) is -3.50. The first kappa shape index (κ1) is 17.7. The van der Waals surface area contributed by atoms with E-state index in [1.54, 1.807) is 35.5 Å². The van der Waals surface area contributed by atoms with Gasteiger partial charge in [-0.15, -0.1) is 0 Å². The van der Waals surface area contributed by atoms with Gasteiger partial charge in [0.1, 0.15) is 5.76 Å². The van der Waals surface area contributed by atoms with Crippen molar-refractivity contribution in [2.45, 2.75) is 44.0 Å². The Bertz CT molecular complexity index is 855. The average molecular weight is 362 g/mol. The molecule has 1 aliphatic heterocycles. The van der Waals surface area contributed by atoms with E-state index in [0.29, 0.717) is 18.0 Å². The lowest BCUT2D eigenvalue weighted by atomic mass is 10.1. The molecule has 134 valence electrons. The molecule has 0 aliphatic carbocycles. The second-order valence-corrected chi connectivity index (χ2v) is 8.24. The number of amides is 1. The molecule has 1 N–H and O–H groups in total. The first-order valence-corrected chi connectivity index (χ1v) is 9.81. The third-order valence-corrected chi connectivity index (χ3v) is 6.45. The second kappa shape index (κ2) is 7.01. The molecule has 0 unspecified atom stereocenters. The predicted molar refractivity (Wildman–Crippen MR) is 95.0 cm³/mol. The minimum absolute atomic E-state index is 0.0142. The van der Waals surface area contributed by atoms with Crippen LogP contribution in [0.2, 0.25) is 0 Å². The van der Waals surface area contributed by atoms with E-state index >= 15 is 0 Å². The summed E-state index contributed by atoms with van der Waals surface area (Å²) in [5, 5.41) is 2.70. The van der Waals surface area contributed by atoms with E-state index in [2.05, 4.69) is 5.32 Å². The van der Waals surface area contributed by atoms with Crippen LogP contribution in [0.4, 0.5) is 5.69 Å². The van der Waals surface area contributed by atoms with Gasteiger partial charge in [-0.25, -0.2) is 8.42 Å². The van der Waals surface area contributed by atoms with Crippen LogP contribution in [0.15, 0.2) is 45.7 Å². The van der Waals surface area contributed by atoms with Gasteiger partial charge in [-0.1, -0.05) is 6.42 Å². The monoisotopic (exact) mass is 362 g/mol. The number of aryl methyl sites for hydroxylation is 1. The molecular formula is C18H22N2O4S. The van der Waals surface area contributed by atoms with Crippen molar-refractivity contribution in [2.75, 3.05) is 11.9 Å². The lowest BCUT2D eigenvalue weighted by Gasteiger charge is -2.32. The zero-order valence-electron chi connectivity index (χ0n) is 14.4. The molecule has 2 aromatic rings. The standard InChI is InChI=1S/C18H22N2O4S/c1-13-5-3-4-12-20(13)25(22,23)16-9-7-15(8-10-16)19-18(21)17-11-6-14(2)24-17/h6-11,13H,3-5,12H2,1-2H3,(H,19,21)/t13-/m0/s1. The van der Waals surface area contributed by atoms with Crippen molar-refractivity contribution in [2.24, 2.45) is 0 Å². The molecule has 1 aliphatic rings. The van der Waals surface area contributed by atoms with Crippen LogP contribution >= 0.6 is 0 Å². The molecule has 1 aromatic carbocycles. The maximum Gasteiger partial charge on any atom is 0.291 e. The molecule has 1 saturated heterocycles. The highest BCUT2D eigenvalue weighted by Crippen LogP contribution is 2.26. The number of piperidine rings is 1. The van der Waals surface area contributed by atoms with Gasteiger partial charge in [-0.2, -0.15) is 4.31 Å². The van der Waals surface area contributed by atoms with Crippen molar-refractivity contribution in [1.29, 1.82) is 0 Å². The van der Waals surface area contributed by atoms with Gasteiger partial charge < -0.3 is 9.73 Å². The molecule has 25 heavy (non-hydrogen) atoms. The quantitative estimate of drug-likeness (QED) is 0.904. The van der Waals surface area contributed by atoms with Crippen LogP contribution in [-0.4, -0.2) is 31.2 Å². The number of nitrogens with one attached hydrogen (secondary N) is 1. The second-order valence-electron chi connectivity index (χ2n) is 6.35. The van der Waals surface area contributed by atoms with Crippen LogP contribution in [0.1, 0.15) is 42.5 Å². The molecule has 6 nitrogen and oxygen atoms in total. The number of anilines is 1.